The fourth-order valence-electron chi connectivity index (χ4n) is 2.56. The SMILES string of the molecule is CCC(C)C(N)C(=O)NC1CCCC(S(=O)CC)C1.Cl. The quantitative estimate of drug-likeness (QED) is 0.784. The van der Waals surface area contributed by atoms with Gasteiger partial charge < -0.3 is 11.1 Å². The van der Waals surface area contributed by atoms with Crippen molar-refractivity contribution in [1.29, 1.82) is 0 Å². The highest BCUT2D eigenvalue weighted by Crippen LogP contribution is 2.23. The molecule has 5 atom stereocenters. The molecule has 4 nitrogen and oxygen atoms in total. The van der Waals surface area contributed by atoms with Gasteiger partial charge in [0.25, 0.3) is 0 Å². The number of carbonyl (C=O) groups excluding carboxylic acids is 1. The summed E-state index contributed by atoms with van der Waals surface area (Å²) in [6.45, 7) is 6.00. The lowest BCUT2D eigenvalue weighted by molar-refractivity contribution is -0.124. The summed E-state index contributed by atoms with van der Waals surface area (Å²) in [5.74, 6) is 0.851. The highest BCUT2D eigenvalue weighted by atomic mass is 35.5. The van der Waals surface area contributed by atoms with Crippen LogP contribution in [0.2, 0.25) is 0 Å². The maximum atomic E-state index is 12.0. The van der Waals surface area contributed by atoms with E-state index in [1.54, 1.807) is 0 Å². The first-order valence-electron chi connectivity index (χ1n) is 7.42. The number of halogens is 1. The molecule has 0 aromatic rings. The molecule has 1 rings (SSSR count). The smallest absolute Gasteiger partial charge is 0.237 e. The van der Waals surface area contributed by atoms with Gasteiger partial charge in [0.15, 0.2) is 0 Å². The molecule has 0 aromatic carbocycles. The van der Waals surface area contributed by atoms with E-state index in [1.807, 2.05) is 20.8 Å². The maximum Gasteiger partial charge on any atom is 0.237 e. The Morgan fingerprint density at radius 2 is 2.05 bits per heavy atom. The lowest BCUT2D eigenvalue weighted by Crippen LogP contribution is -2.50. The highest BCUT2D eigenvalue weighted by molar-refractivity contribution is 7.85. The number of hydrogen-bond acceptors (Lipinski definition) is 3. The minimum atomic E-state index is -0.753. The minimum absolute atomic E-state index is 0. The average molecular weight is 325 g/mol. The number of carbonyl (C=O) groups is 1. The van der Waals surface area contributed by atoms with Crippen molar-refractivity contribution in [2.24, 2.45) is 11.7 Å². The van der Waals surface area contributed by atoms with Crippen LogP contribution >= 0.6 is 12.4 Å². The molecular formula is C14H29ClN2O2S. The van der Waals surface area contributed by atoms with Gasteiger partial charge in [-0.2, -0.15) is 0 Å². The van der Waals surface area contributed by atoms with Crippen LogP contribution in [0.1, 0.15) is 52.9 Å². The first kappa shape index (κ1) is 19.9. The number of rotatable bonds is 6. The van der Waals surface area contributed by atoms with Gasteiger partial charge in [-0.15, -0.1) is 12.4 Å². The van der Waals surface area contributed by atoms with Gasteiger partial charge in [0.2, 0.25) is 5.91 Å². The van der Waals surface area contributed by atoms with Crippen LogP contribution in [0.3, 0.4) is 0 Å². The van der Waals surface area contributed by atoms with Crippen LogP contribution in [0.15, 0.2) is 0 Å². The molecule has 0 aromatic heterocycles. The molecule has 6 heteroatoms. The van der Waals surface area contributed by atoms with E-state index in [-0.39, 0.29) is 35.5 Å². The Morgan fingerprint density at radius 1 is 1.40 bits per heavy atom. The zero-order valence-corrected chi connectivity index (χ0v) is 14.4. The van der Waals surface area contributed by atoms with Crippen molar-refractivity contribution in [2.75, 3.05) is 5.75 Å². The normalized spacial score (nSPS) is 27.0. The molecule has 0 spiro atoms. The Labute approximate surface area is 131 Å². The van der Waals surface area contributed by atoms with Gasteiger partial charge in [-0.25, -0.2) is 0 Å². The fourth-order valence-corrected chi connectivity index (χ4v) is 3.91. The van der Waals surface area contributed by atoms with Crippen molar-refractivity contribution in [3.8, 4) is 0 Å². The summed E-state index contributed by atoms with van der Waals surface area (Å²) < 4.78 is 11.9. The molecule has 3 N–H and O–H groups in total. The lowest BCUT2D eigenvalue weighted by Gasteiger charge is -2.30. The van der Waals surface area contributed by atoms with Crippen LogP contribution < -0.4 is 11.1 Å². The molecular weight excluding hydrogens is 296 g/mol. The summed E-state index contributed by atoms with van der Waals surface area (Å²) in [4.78, 5) is 12.0. The summed E-state index contributed by atoms with van der Waals surface area (Å²) in [5.41, 5.74) is 5.94. The van der Waals surface area contributed by atoms with E-state index >= 15 is 0 Å². The van der Waals surface area contributed by atoms with Crippen molar-refractivity contribution in [3.05, 3.63) is 0 Å². The Hall–Kier alpha value is -0.130. The van der Waals surface area contributed by atoms with E-state index in [0.29, 0.717) is 5.75 Å². The zero-order chi connectivity index (χ0) is 14.4. The van der Waals surface area contributed by atoms with Crippen LogP contribution in [0.25, 0.3) is 0 Å². The van der Waals surface area contributed by atoms with Crippen LogP contribution in [0, 0.1) is 5.92 Å². The third-order valence-electron chi connectivity index (χ3n) is 4.19. The zero-order valence-electron chi connectivity index (χ0n) is 12.8. The van der Waals surface area contributed by atoms with Crippen molar-refractivity contribution < 1.29 is 9.00 Å². The van der Waals surface area contributed by atoms with Crippen molar-refractivity contribution in [1.82, 2.24) is 5.32 Å². The number of nitrogens with one attached hydrogen (secondary N) is 1. The topological polar surface area (TPSA) is 72.2 Å². The van der Waals surface area contributed by atoms with Crippen molar-refractivity contribution >= 4 is 29.1 Å². The summed E-state index contributed by atoms with van der Waals surface area (Å²) in [6.07, 6.45) is 4.78. The summed E-state index contributed by atoms with van der Waals surface area (Å²) in [7, 11) is -0.753. The number of hydrogen-bond donors (Lipinski definition) is 2. The molecule has 0 bridgehead atoms. The van der Waals surface area contributed by atoms with Gasteiger partial charge in [0.1, 0.15) is 0 Å². The summed E-state index contributed by atoms with van der Waals surface area (Å²) in [6, 6.07) is -0.279. The molecule has 0 radical (unpaired) electrons. The molecule has 1 aliphatic rings. The first-order valence-corrected chi connectivity index (χ1v) is 8.80. The molecule has 120 valence electrons. The maximum absolute atomic E-state index is 12.0. The van der Waals surface area contributed by atoms with Crippen LogP contribution in [0.4, 0.5) is 0 Å². The van der Waals surface area contributed by atoms with Gasteiger partial charge in [-0.1, -0.05) is 33.6 Å². The summed E-state index contributed by atoms with van der Waals surface area (Å²) >= 11 is 0. The first-order chi connectivity index (χ1) is 8.99. The Bertz CT molecular complexity index is 328. The third kappa shape index (κ3) is 5.70. The van der Waals surface area contributed by atoms with E-state index < -0.39 is 16.8 Å². The third-order valence-corrected chi connectivity index (χ3v) is 5.93. The standard InChI is InChI=1S/C14H28N2O2S.ClH/c1-4-10(3)13(15)14(17)16-11-7-6-8-12(9-11)19(18)5-2;/h10-13H,4-9,15H2,1-3H3,(H,16,17);1H. The number of nitrogens with two attached hydrogens (primary N) is 1. The van der Waals surface area contributed by atoms with Crippen LogP contribution in [0.5, 0.6) is 0 Å². The molecule has 0 aliphatic heterocycles. The Morgan fingerprint density at radius 3 is 2.60 bits per heavy atom. The fraction of sp³-hybridized carbons (Fsp3) is 0.929. The monoisotopic (exact) mass is 324 g/mol. The van der Waals surface area contributed by atoms with Crippen LogP contribution in [-0.4, -0.2) is 33.2 Å². The molecule has 0 heterocycles. The van der Waals surface area contributed by atoms with E-state index in [2.05, 4.69) is 5.32 Å². The molecule has 5 unspecified atom stereocenters. The largest absolute Gasteiger partial charge is 0.352 e. The molecule has 1 amide bonds. The van der Waals surface area contributed by atoms with Gasteiger partial charge in [0.05, 0.1) is 6.04 Å². The van der Waals surface area contributed by atoms with Gasteiger partial charge in [-0.05, 0) is 25.2 Å². The molecule has 1 fully saturated rings. The van der Waals surface area contributed by atoms with Gasteiger partial charge in [0, 0.05) is 27.8 Å². The highest BCUT2D eigenvalue weighted by Gasteiger charge is 2.28. The molecule has 1 aliphatic carbocycles. The predicted molar refractivity (Wildman–Crippen MR) is 87.5 cm³/mol. The Balaban J connectivity index is 0.00000361. The predicted octanol–water partition coefficient (Wildman–Crippen LogP) is 1.98. The number of amides is 1. The summed E-state index contributed by atoms with van der Waals surface area (Å²) in [5, 5.41) is 3.28. The van der Waals surface area contributed by atoms with Crippen molar-refractivity contribution in [2.45, 2.75) is 70.2 Å². The second-order valence-electron chi connectivity index (χ2n) is 5.57. The Kier molecular flexibility index (Phi) is 9.68. The second kappa shape index (κ2) is 9.74. The van der Waals surface area contributed by atoms with Crippen molar-refractivity contribution in [3.63, 3.8) is 0 Å². The van der Waals surface area contributed by atoms with Crippen LogP contribution in [-0.2, 0) is 15.6 Å². The lowest BCUT2D eigenvalue weighted by atomic mass is 9.93. The van der Waals surface area contributed by atoms with E-state index in [1.165, 1.54) is 0 Å². The minimum Gasteiger partial charge on any atom is -0.352 e. The molecule has 0 saturated heterocycles. The van der Waals surface area contributed by atoms with E-state index in [0.717, 1.165) is 32.1 Å². The average Bonchev–Trinajstić information content (AvgIpc) is 2.44. The van der Waals surface area contributed by atoms with E-state index in [4.69, 9.17) is 5.73 Å². The molecule has 20 heavy (non-hydrogen) atoms. The second-order valence-corrected chi connectivity index (χ2v) is 7.58. The molecule has 1 saturated carbocycles. The van der Waals surface area contributed by atoms with E-state index in [9.17, 15) is 9.00 Å². The van der Waals surface area contributed by atoms with Gasteiger partial charge >= 0.3 is 0 Å². The van der Waals surface area contributed by atoms with Gasteiger partial charge in [-0.3, -0.25) is 9.00 Å².